The van der Waals surface area contributed by atoms with Crippen molar-refractivity contribution in [3.8, 4) is 17.2 Å². The summed E-state index contributed by atoms with van der Waals surface area (Å²) in [5, 5.41) is 0.617. The molecule has 8 heteroatoms. The Morgan fingerprint density at radius 1 is 0.909 bits per heavy atom. The molecule has 3 aromatic carbocycles. The molecule has 0 fully saturated rings. The Hall–Kier alpha value is -3.52. The molecule has 0 spiro atoms. The first kappa shape index (κ1) is 22.7. The molecule has 0 amide bonds. The van der Waals surface area contributed by atoms with Crippen molar-refractivity contribution < 1.29 is 18.3 Å². The molecule has 4 rings (SSSR count). The molecule has 1 heterocycles. The standard InChI is InChI=1S/C25H23F2N3O2S/c1-29(18-12-13-22(31-2)23(14-18)32-3)24-15-28-25(30(24)17-8-5-4-6-9-17)33-16-19-20(26)10-7-11-21(19)27/h4-15H,16H2,1-3H3. The molecule has 0 unspecified atom stereocenters. The van der Waals surface area contributed by atoms with Crippen LogP contribution in [0.3, 0.4) is 0 Å². The van der Waals surface area contributed by atoms with Gasteiger partial charge in [0.05, 0.1) is 20.4 Å². The first-order valence-corrected chi connectivity index (χ1v) is 11.2. The minimum absolute atomic E-state index is 0.0277. The number of methoxy groups -OCH3 is 2. The zero-order valence-corrected chi connectivity index (χ0v) is 19.3. The van der Waals surface area contributed by atoms with Crippen molar-refractivity contribution in [2.45, 2.75) is 10.9 Å². The third-order valence-electron chi connectivity index (χ3n) is 5.23. The zero-order valence-electron chi connectivity index (χ0n) is 18.5. The lowest BCUT2D eigenvalue weighted by atomic mass is 10.2. The first-order chi connectivity index (χ1) is 16.0. The summed E-state index contributed by atoms with van der Waals surface area (Å²) in [6.45, 7) is 0. The van der Waals surface area contributed by atoms with E-state index in [1.807, 2.05) is 65.0 Å². The lowest BCUT2D eigenvalue weighted by Crippen LogP contribution is -2.14. The van der Waals surface area contributed by atoms with Crippen molar-refractivity contribution in [1.82, 2.24) is 9.55 Å². The molecule has 4 aromatic rings. The largest absolute Gasteiger partial charge is 0.493 e. The number of nitrogens with zero attached hydrogens (tertiary/aromatic N) is 3. The van der Waals surface area contributed by atoms with Gasteiger partial charge in [-0.15, -0.1) is 0 Å². The third kappa shape index (κ3) is 4.66. The Kier molecular flexibility index (Phi) is 6.84. The molecule has 33 heavy (non-hydrogen) atoms. The second kappa shape index (κ2) is 9.95. The van der Waals surface area contributed by atoms with Crippen LogP contribution >= 0.6 is 11.8 Å². The lowest BCUT2D eigenvalue weighted by Gasteiger charge is -2.22. The van der Waals surface area contributed by atoms with Crippen LogP contribution in [0.15, 0.2) is 78.1 Å². The van der Waals surface area contributed by atoms with Gasteiger partial charge in [-0.1, -0.05) is 36.0 Å². The summed E-state index contributed by atoms with van der Waals surface area (Å²) >= 11 is 1.27. The summed E-state index contributed by atoms with van der Waals surface area (Å²) in [7, 11) is 5.10. The summed E-state index contributed by atoms with van der Waals surface area (Å²) in [5.41, 5.74) is 1.77. The van der Waals surface area contributed by atoms with Gasteiger partial charge in [0.15, 0.2) is 16.7 Å². The molecule has 0 atom stereocenters. The molecule has 0 aliphatic carbocycles. The van der Waals surface area contributed by atoms with Crippen LogP contribution in [-0.2, 0) is 5.75 Å². The number of halogens is 2. The van der Waals surface area contributed by atoms with Crippen LogP contribution < -0.4 is 14.4 Å². The Balaban J connectivity index is 1.73. The smallest absolute Gasteiger partial charge is 0.174 e. The van der Waals surface area contributed by atoms with Gasteiger partial charge in [-0.3, -0.25) is 4.57 Å². The van der Waals surface area contributed by atoms with Crippen LogP contribution in [-0.4, -0.2) is 30.8 Å². The average molecular weight is 468 g/mol. The molecular weight excluding hydrogens is 444 g/mol. The predicted octanol–water partition coefficient (Wildman–Crippen LogP) is 6.23. The number of hydrogen-bond donors (Lipinski definition) is 0. The SMILES string of the molecule is COc1ccc(N(C)c2cnc(SCc3c(F)cccc3F)n2-c2ccccc2)cc1OC. The van der Waals surface area contributed by atoms with E-state index in [4.69, 9.17) is 9.47 Å². The van der Waals surface area contributed by atoms with Crippen molar-refractivity contribution in [3.63, 3.8) is 0 Å². The van der Waals surface area contributed by atoms with Crippen LogP contribution in [0.25, 0.3) is 5.69 Å². The maximum absolute atomic E-state index is 14.2. The fourth-order valence-corrected chi connectivity index (χ4v) is 4.46. The van der Waals surface area contributed by atoms with Crippen LogP contribution in [0.2, 0.25) is 0 Å². The van der Waals surface area contributed by atoms with Gasteiger partial charge in [-0.05, 0) is 36.4 Å². The molecule has 5 nitrogen and oxygen atoms in total. The number of hydrogen-bond acceptors (Lipinski definition) is 5. The molecule has 0 saturated carbocycles. The maximum Gasteiger partial charge on any atom is 0.174 e. The topological polar surface area (TPSA) is 39.5 Å². The van der Waals surface area contributed by atoms with Crippen molar-refractivity contribution >= 4 is 23.3 Å². The molecule has 170 valence electrons. The zero-order chi connectivity index (χ0) is 23.4. The van der Waals surface area contributed by atoms with E-state index in [1.54, 1.807) is 20.4 Å². The molecular formula is C25H23F2N3O2S. The summed E-state index contributed by atoms with van der Waals surface area (Å²) in [6.07, 6.45) is 1.74. The van der Waals surface area contributed by atoms with Gasteiger partial charge in [0.25, 0.3) is 0 Å². The van der Waals surface area contributed by atoms with Crippen molar-refractivity contribution in [1.29, 1.82) is 0 Å². The Bertz CT molecular complexity index is 1230. The highest BCUT2D eigenvalue weighted by Crippen LogP contribution is 2.37. The molecule has 0 aliphatic rings. The van der Waals surface area contributed by atoms with E-state index >= 15 is 0 Å². The molecule has 0 aliphatic heterocycles. The minimum Gasteiger partial charge on any atom is -0.493 e. The highest BCUT2D eigenvalue weighted by molar-refractivity contribution is 7.98. The van der Waals surface area contributed by atoms with Gasteiger partial charge < -0.3 is 14.4 Å². The van der Waals surface area contributed by atoms with Gasteiger partial charge in [0.2, 0.25) is 0 Å². The van der Waals surface area contributed by atoms with E-state index < -0.39 is 11.6 Å². The van der Waals surface area contributed by atoms with E-state index in [2.05, 4.69) is 4.98 Å². The normalized spacial score (nSPS) is 10.8. The number of ether oxygens (including phenoxy) is 2. The third-order valence-corrected chi connectivity index (χ3v) is 6.21. The fraction of sp³-hybridized carbons (Fsp3) is 0.160. The van der Waals surface area contributed by atoms with Gasteiger partial charge in [0.1, 0.15) is 17.5 Å². The van der Waals surface area contributed by atoms with Crippen LogP contribution in [0.5, 0.6) is 11.5 Å². The number of imidazole rings is 1. The molecule has 0 saturated heterocycles. The van der Waals surface area contributed by atoms with E-state index in [1.165, 1.54) is 30.0 Å². The van der Waals surface area contributed by atoms with Crippen LogP contribution in [0, 0.1) is 11.6 Å². The van der Waals surface area contributed by atoms with Crippen LogP contribution in [0.4, 0.5) is 20.3 Å². The fourth-order valence-electron chi connectivity index (χ4n) is 3.46. The second-order valence-electron chi connectivity index (χ2n) is 7.16. The summed E-state index contributed by atoms with van der Waals surface area (Å²) in [5.74, 6) is 1.00. The Morgan fingerprint density at radius 2 is 1.61 bits per heavy atom. The summed E-state index contributed by atoms with van der Waals surface area (Å²) < 4.78 is 41.1. The molecule has 0 N–H and O–H groups in total. The maximum atomic E-state index is 14.2. The summed E-state index contributed by atoms with van der Waals surface area (Å²) in [4.78, 5) is 6.54. The highest BCUT2D eigenvalue weighted by Gasteiger charge is 2.19. The Labute approximate surface area is 195 Å². The highest BCUT2D eigenvalue weighted by atomic mass is 32.2. The number of aromatic nitrogens is 2. The molecule has 0 bridgehead atoms. The average Bonchev–Trinajstić information content (AvgIpc) is 3.27. The van der Waals surface area contributed by atoms with Crippen molar-refractivity contribution in [3.05, 3.63) is 90.1 Å². The number of benzene rings is 3. The van der Waals surface area contributed by atoms with E-state index in [-0.39, 0.29) is 11.3 Å². The number of para-hydroxylation sites is 1. The quantitative estimate of drug-likeness (QED) is 0.287. The van der Waals surface area contributed by atoms with E-state index in [9.17, 15) is 8.78 Å². The predicted molar refractivity (Wildman–Crippen MR) is 127 cm³/mol. The minimum atomic E-state index is -0.567. The Morgan fingerprint density at radius 3 is 2.27 bits per heavy atom. The monoisotopic (exact) mass is 467 g/mol. The molecule has 1 aromatic heterocycles. The van der Waals surface area contributed by atoms with Crippen molar-refractivity contribution in [2.24, 2.45) is 0 Å². The van der Waals surface area contributed by atoms with Gasteiger partial charge in [-0.2, -0.15) is 0 Å². The van der Waals surface area contributed by atoms with Gasteiger partial charge in [0, 0.05) is 35.8 Å². The van der Waals surface area contributed by atoms with E-state index in [0.29, 0.717) is 16.7 Å². The van der Waals surface area contributed by atoms with E-state index in [0.717, 1.165) is 17.2 Å². The second-order valence-corrected chi connectivity index (χ2v) is 8.10. The first-order valence-electron chi connectivity index (χ1n) is 10.2. The number of rotatable bonds is 8. The van der Waals surface area contributed by atoms with Gasteiger partial charge in [-0.25, -0.2) is 13.8 Å². The lowest BCUT2D eigenvalue weighted by molar-refractivity contribution is 0.355. The van der Waals surface area contributed by atoms with Crippen molar-refractivity contribution in [2.75, 3.05) is 26.2 Å². The van der Waals surface area contributed by atoms with Crippen LogP contribution in [0.1, 0.15) is 5.56 Å². The summed E-state index contributed by atoms with van der Waals surface area (Å²) in [6, 6.07) is 19.2. The van der Waals surface area contributed by atoms with Gasteiger partial charge >= 0.3 is 0 Å². The number of thioether (sulfide) groups is 1. The molecule has 0 radical (unpaired) electrons. The number of anilines is 2.